The Bertz CT molecular complexity index is 834. The number of halogens is 2. The summed E-state index contributed by atoms with van der Waals surface area (Å²) < 4.78 is 4.41. The van der Waals surface area contributed by atoms with Gasteiger partial charge in [-0.3, -0.25) is 14.4 Å². The summed E-state index contributed by atoms with van der Waals surface area (Å²) in [5.74, 6) is -0.841. The van der Waals surface area contributed by atoms with Crippen LogP contribution in [0.3, 0.4) is 0 Å². The van der Waals surface area contributed by atoms with Crippen molar-refractivity contribution in [2.45, 2.75) is 23.7 Å². The topological polar surface area (TPSA) is 72.5 Å². The van der Waals surface area contributed by atoms with Gasteiger partial charge in [-0.1, -0.05) is 46.3 Å². The maximum atomic E-state index is 13.1. The lowest BCUT2D eigenvalue weighted by molar-refractivity contribution is -0.140. The van der Waals surface area contributed by atoms with E-state index in [2.05, 4.69) is 10.1 Å². The van der Waals surface area contributed by atoms with Gasteiger partial charge in [-0.25, -0.2) is 0 Å². The van der Waals surface area contributed by atoms with E-state index in [9.17, 15) is 14.4 Å². The third-order valence-corrected chi connectivity index (χ3v) is 5.48. The molecule has 0 bridgehead atoms. The van der Waals surface area contributed by atoms with E-state index in [4.69, 9.17) is 11.6 Å². The minimum Gasteiger partial charge on any atom is -0.469 e. The van der Waals surface area contributed by atoms with Crippen molar-refractivity contribution in [3.63, 3.8) is 0 Å². The van der Waals surface area contributed by atoms with Crippen molar-refractivity contribution in [2.24, 2.45) is 0 Å². The number of amides is 1. The summed E-state index contributed by atoms with van der Waals surface area (Å²) >= 11 is 9.43. The molecule has 0 aliphatic carbocycles. The third-order valence-electron chi connectivity index (χ3n) is 3.64. The van der Waals surface area contributed by atoms with Gasteiger partial charge in [0.25, 0.3) is 0 Å². The number of ether oxygens (including phenoxy) is 1. The minimum atomic E-state index is -0.362. The highest BCUT2D eigenvalue weighted by Crippen LogP contribution is 2.33. The highest BCUT2D eigenvalue weighted by molar-refractivity contribution is 14.1. The van der Waals surface area contributed by atoms with E-state index in [0.29, 0.717) is 33.1 Å². The lowest BCUT2D eigenvalue weighted by Gasteiger charge is -2.10. The molecule has 1 N–H and O–H groups in total. The summed E-state index contributed by atoms with van der Waals surface area (Å²) in [5, 5.41) is 5.37. The van der Waals surface area contributed by atoms with E-state index in [1.54, 1.807) is 36.6 Å². The first kappa shape index (κ1) is 20.9. The number of anilines is 1. The molecule has 5 nitrogen and oxygen atoms in total. The van der Waals surface area contributed by atoms with Crippen molar-refractivity contribution in [3.05, 3.63) is 51.4 Å². The van der Waals surface area contributed by atoms with Crippen molar-refractivity contribution in [1.82, 2.24) is 0 Å². The molecule has 0 fully saturated rings. The fourth-order valence-electron chi connectivity index (χ4n) is 2.25. The van der Waals surface area contributed by atoms with Gasteiger partial charge in [0.2, 0.25) is 5.91 Å². The summed E-state index contributed by atoms with van der Waals surface area (Å²) in [7, 11) is 1.32. The molecule has 1 unspecified atom stereocenters. The summed E-state index contributed by atoms with van der Waals surface area (Å²) in [6.07, 6.45) is 0.483. The van der Waals surface area contributed by atoms with Crippen LogP contribution in [0.2, 0.25) is 5.02 Å². The summed E-state index contributed by atoms with van der Waals surface area (Å²) in [4.78, 5) is 36.6. The number of alkyl halides is 1. The molecule has 138 valence electrons. The Labute approximate surface area is 174 Å². The highest BCUT2D eigenvalue weighted by Gasteiger charge is 2.24. The van der Waals surface area contributed by atoms with Crippen LogP contribution in [-0.4, -0.2) is 28.7 Å². The van der Waals surface area contributed by atoms with Gasteiger partial charge in [-0.15, -0.1) is 11.3 Å². The largest absolute Gasteiger partial charge is 0.469 e. The van der Waals surface area contributed by atoms with Gasteiger partial charge < -0.3 is 10.1 Å². The van der Waals surface area contributed by atoms with Crippen molar-refractivity contribution in [1.29, 1.82) is 0 Å². The Balaban J connectivity index is 2.42. The number of ketones is 1. The zero-order valence-electron chi connectivity index (χ0n) is 14.2. The maximum absolute atomic E-state index is 13.1. The van der Waals surface area contributed by atoms with E-state index in [1.165, 1.54) is 18.4 Å². The first-order valence-electron chi connectivity index (χ1n) is 7.76. The standard InChI is InChI=1S/C18H17ClINO4S/c1-10(20)17(24)21-18-15(11(9-26-18)7-8-14(22)25-2)16(23)12-5-3-4-6-13(12)19/h3-6,9-10H,7-8H2,1-2H3,(H,21,24). The molecule has 0 spiro atoms. The van der Waals surface area contributed by atoms with Crippen LogP contribution in [0.25, 0.3) is 0 Å². The molecule has 2 rings (SSSR count). The smallest absolute Gasteiger partial charge is 0.305 e. The van der Waals surface area contributed by atoms with Crippen LogP contribution in [0.15, 0.2) is 29.6 Å². The highest BCUT2D eigenvalue weighted by atomic mass is 127. The number of aryl methyl sites for hydroxylation is 1. The lowest BCUT2D eigenvalue weighted by Crippen LogP contribution is -2.21. The number of carbonyl (C=O) groups excluding carboxylic acids is 3. The Kier molecular flexibility index (Phi) is 7.60. The van der Waals surface area contributed by atoms with Crippen LogP contribution in [0, 0.1) is 0 Å². The number of hydrogen-bond acceptors (Lipinski definition) is 5. The average molecular weight is 506 g/mol. The number of methoxy groups -OCH3 is 1. The molecule has 1 atom stereocenters. The number of hydrogen-bond donors (Lipinski definition) is 1. The number of carbonyl (C=O) groups is 3. The molecule has 2 aromatic rings. The fourth-order valence-corrected chi connectivity index (χ4v) is 3.62. The normalized spacial score (nSPS) is 11.7. The van der Waals surface area contributed by atoms with Crippen LogP contribution in [0.4, 0.5) is 5.00 Å². The molecule has 0 saturated carbocycles. The van der Waals surface area contributed by atoms with Gasteiger partial charge in [0.15, 0.2) is 5.78 Å². The SMILES string of the molecule is COC(=O)CCc1csc(NC(=O)C(C)I)c1C(=O)c1ccccc1Cl. The molecule has 8 heteroatoms. The first-order valence-corrected chi connectivity index (χ1v) is 10.3. The number of rotatable bonds is 7. The third kappa shape index (κ3) is 5.05. The quantitative estimate of drug-likeness (QED) is 0.260. The van der Waals surface area contributed by atoms with E-state index in [0.717, 1.165) is 0 Å². The lowest BCUT2D eigenvalue weighted by atomic mass is 9.99. The number of thiophene rings is 1. The molecule has 1 heterocycles. The molecule has 0 aliphatic heterocycles. The molecule has 1 aromatic carbocycles. The van der Waals surface area contributed by atoms with Crippen molar-refractivity contribution >= 4 is 68.2 Å². The molecule has 26 heavy (non-hydrogen) atoms. The van der Waals surface area contributed by atoms with E-state index in [1.807, 2.05) is 22.6 Å². The maximum Gasteiger partial charge on any atom is 0.305 e. The monoisotopic (exact) mass is 505 g/mol. The van der Waals surface area contributed by atoms with E-state index < -0.39 is 0 Å². The van der Waals surface area contributed by atoms with Crippen molar-refractivity contribution in [3.8, 4) is 0 Å². The summed E-state index contributed by atoms with van der Waals surface area (Å²) in [5.41, 5.74) is 1.41. The van der Waals surface area contributed by atoms with E-state index >= 15 is 0 Å². The fraction of sp³-hybridized carbons (Fsp3) is 0.278. The van der Waals surface area contributed by atoms with Gasteiger partial charge >= 0.3 is 5.97 Å². The molecule has 1 aromatic heterocycles. The molecule has 0 saturated heterocycles. The predicted molar refractivity (Wildman–Crippen MR) is 112 cm³/mol. The van der Waals surface area contributed by atoms with Crippen LogP contribution in [0.5, 0.6) is 0 Å². The second-order valence-corrected chi connectivity index (χ2v) is 8.61. The van der Waals surface area contributed by atoms with Gasteiger partial charge in [-0.05, 0) is 36.4 Å². The van der Waals surface area contributed by atoms with Crippen LogP contribution >= 0.6 is 45.5 Å². The summed E-state index contributed by atoms with van der Waals surface area (Å²) in [6.45, 7) is 1.76. The predicted octanol–water partition coefficient (Wildman–Crippen LogP) is 4.50. The zero-order valence-corrected chi connectivity index (χ0v) is 17.9. The Morgan fingerprint density at radius 2 is 2.00 bits per heavy atom. The summed E-state index contributed by atoms with van der Waals surface area (Å²) in [6, 6.07) is 6.75. The van der Waals surface area contributed by atoms with Crippen LogP contribution in [0.1, 0.15) is 34.8 Å². The number of nitrogens with one attached hydrogen (secondary N) is 1. The van der Waals surface area contributed by atoms with Gasteiger partial charge in [0.05, 0.1) is 21.6 Å². The van der Waals surface area contributed by atoms with Crippen molar-refractivity contribution < 1.29 is 19.1 Å². The molecule has 0 aliphatic rings. The number of benzene rings is 1. The Hall–Kier alpha value is -1.45. The average Bonchev–Trinajstić information content (AvgIpc) is 3.01. The molecule has 0 radical (unpaired) electrons. The second kappa shape index (κ2) is 9.48. The second-order valence-electron chi connectivity index (χ2n) is 5.46. The zero-order chi connectivity index (χ0) is 19.3. The minimum absolute atomic E-state index is 0.145. The first-order chi connectivity index (χ1) is 12.3. The van der Waals surface area contributed by atoms with Crippen molar-refractivity contribution in [2.75, 3.05) is 12.4 Å². The van der Waals surface area contributed by atoms with Crippen LogP contribution < -0.4 is 5.32 Å². The number of esters is 1. The van der Waals surface area contributed by atoms with E-state index in [-0.39, 0.29) is 28.0 Å². The van der Waals surface area contributed by atoms with Crippen LogP contribution in [-0.2, 0) is 20.7 Å². The Morgan fingerprint density at radius 3 is 2.62 bits per heavy atom. The molecular formula is C18H17ClINO4S. The van der Waals surface area contributed by atoms with Gasteiger partial charge in [0, 0.05) is 12.0 Å². The molecular weight excluding hydrogens is 489 g/mol. The van der Waals surface area contributed by atoms with Gasteiger partial charge in [0.1, 0.15) is 5.00 Å². The van der Waals surface area contributed by atoms with Gasteiger partial charge in [-0.2, -0.15) is 0 Å². The molecule has 1 amide bonds. The Morgan fingerprint density at radius 1 is 1.31 bits per heavy atom.